The molecule has 2 aromatic carbocycles. The van der Waals surface area contributed by atoms with E-state index in [1.54, 1.807) is 12.1 Å². The van der Waals surface area contributed by atoms with Crippen molar-refractivity contribution in [2.45, 2.75) is 6.04 Å². The summed E-state index contributed by atoms with van der Waals surface area (Å²) in [6.45, 7) is 4.40. The van der Waals surface area contributed by atoms with Crippen LogP contribution in [0.5, 0.6) is 11.5 Å². The third-order valence-electron chi connectivity index (χ3n) is 5.09. The Bertz CT molecular complexity index is 882. The predicted molar refractivity (Wildman–Crippen MR) is 110 cm³/mol. The zero-order valence-electron chi connectivity index (χ0n) is 16.0. The largest absolute Gasteiger partial charge is 0.454 e. The van der Waals surface area contributed by atoms with Gasteiger partial charge in [0, 0.05) is 6.08 Å². The van der Waals surface area contributed by atoms with E-state index >= 15 is 0 Å². The summed E-state index contributed by atoms with van der Waals surface area (Å²) in [5, 5.41) is 3.61. The van der Waals surface area contributed by atoms with Crippen LogP contribution in [0.1, 0.15) is 17.2 Å². The molecule has 0 unspecified atom stereocenters. The van der Waals surface area contributed by atoms with Crippen molar-refractivity contribution in [3.05, 3.63) is 64.7 Å². The normalized spacial score (nSPS) is 17.4. The highest BCUT2D eigenvalue weighted by atomic mass is 35.5. The first-order chi connectivity index (χ1) is 14.2. The summed E-state index contributed by atoms with van der Waals surface area (Å²) in [6.07, 6.45) is 3.26. The number of benzene rings is 2. The minimum absolute atomic E-state index is 0.0678. The Morgan fingerprint density at radius 1 is 1.17 bits per heavy atom. The molecule has 1 atom stereocenters. The molecule has 1 saturated heterocycles. The first-order valence-corrected chi connectivity index (χ1v) is 10.1. The number of hydrogen-bond acceptors (Lipinski definition) is 4. The van der Waals surface area contributed by atoms with E-state index in [2.05, 4.69) is 5.32 Å². The molecule has 152 valence electrons. The SMILES string of the molecule is O=C(/C=C/c1cc(Cl)c2c(c1)OCO2)N[C@@H](C[NH+]1CCOCC1)c1ccccc1. The van der Waals surface area contributed by atoms with Gasteiger partial charge in [0.1, 0.15) is 25.7 Å². The first-order valence-electron chi connectivity index (χ1n) is 9.73. The topological polar surface area (TPSA) is 61.2 Å². The summed E-state index contributed by atoms with van der Waals surface area (Å²) in [5.41, 5.74) is 1.88. The molecule has 29 heavy (non-hydrogen) atoms. The van der Waals surface area contributed by atoms with Gasteiger partial charge in [-0.15, -0.1) is 0 Å². The minimum Gasteiger partial charge on any atom is -0.454 e. The van der Waals surface area contributed by atoms with Gasteiger partial charge in [-0.05, 0) is 29.3 Å². The third kappa shape index (κ3) is 5.09. The van der Waals surface area contributed by atoms with E-state index < -0.39 is 0 Å². The van der Waals surface area contributed by atoms with Crippen molar-refractivity contribution in [2.24, 2.45) is 0 Å². The molecular formula is C22H24ClN2O4+. The minimum atomic E-state index is -0.152. The number of morpholine rings is 1. The molecule has 0 spiro atoms. The Balaban J connectivity index is 1.44. The summed E-state index contributed by atoms with van der Waals surface area (Å²) in [4.78, 5) is 14.1. The predicted octanol–water partition coefficient (Wildman–Crippen LogP) is 1.85. The van der Waals surface area contributed by atoms with Crippen LogP contribution in [0.2, 0.25) is 5.02 Å². The molecule has 0 bridgehead atoms. The third-order valence-corrected chi connectivity index (χ3v) is 5.37. The Morgan fingerprint density at radius 2 is 1.97 bits per heavy atom. The Hall–Kier alpha value is -2.54. The van der Waals surface area contributed by atoms with Gasteiger partial charge in [0.15, 0.2) is 11.5 Å². The van der Waals surface area contributed by atoms with Crippen LogP contribution in [0.3, 0.4) is 0 Å². The standard InChI is InChI=1S/C22H23ClN2O4/c23-18-12-16(13-20-22(18)29-15-28-20)6-7-21(26)24-19(17-4-2-1-3-5-17)14-25-8-10-27-11-9-25/h1-7,12-13,19H,8-11,14-15H2,(H,24,26)/p+1/b7-6+/t19-/m0/s1. The van der Waals surface area contributed by atoms with Gasteiger partial charge in [-0.3, -0.25) is 4.79 Å². The maximum absolute atomic E-state index is 12.6. The lowest BCUT2D eigenvalue weighted by molar-refractivity contribution is -0.909. The number of quaternary nitrogens is 1. The van der Waals surface area contributed by atoms with Gasteiger partial charge < -0.3 is 24.4 Å². The molecular weight excluding hydrogens is 392 g/mol. The van der Waals surface area contributed by atoms with Crippen molar-refractivity contribution in [3.8, 4) is 11.5 Å². The van der Waals surface area contributed by atoms with Crippen molar-refractivity contribution in [1.82, 2.24) is 5.32 Å². The average molecular weight is 416 g/mol. The zero-order valence-corrected chi connectivity index (χ0v) is 16.8. The number of carbonyl (C=O) groups is 1. The molecule has 6 nitrogen and oxygen atoms in total. The van der Waals surface area contributed by atoms with Crippen LogP contribution in [-0.2, 0) is 9.53 Å². The molecule has 2 N–H and O–H groups in total. The van der Waals surface area contributed by atoms with E-state index in [1.807, 2.05) is 36.4 Å². The summed E-state index contributed by atoms with van der Waals surface area (Å²) >= 11 is 6.21. The summed E-state index contributed by atoms with van der Waals surface area (Å²) in [7, 11) is 0. The quantitative estimate of drug-likeness (QED) is 0.707. The highest BCUT2D eigenvalue weighted by Gasteiger charge is 2.22. The molecule has 2 aromatic rings. The number of carbonyl (C=O) groups excluding carboxylic acids is 1. The van der Waals surface area contributed by atoms with Crippen LogP contribution in [0.15, 0.2) is 48.5 Å². The second-order valence-corrected chi connectivity index (χ2v) is 7.52. The van der Waals surface area contributed by atoms with Gasteiger partial charge in [0.25, 0.3) is 0 Å². The molecule has 2 heterocycles. The molecule has 4 rings (SSSR count). The number of halogens is 1. The van der Waals surface area contributed by atoms with Crippen LogP contribution in [-0.4, -0.2) is 45.5 Å². The highest BCUT2D eigenvalue weighted by molar-refractivity contribution is 6.32. The Kier molecular flexibility index (Phi) is 6.34. The van der Waals surface area contributed by atoms with E-state index in [4.69, 9.17) is 25.8 Å². The van der Waals surface area contributed by atoms with Gasteiger partial charge in [-0.2, -0.15) is 0 Å². The lowest BCUT2D eigenvalue weighted by atomic mass is 10.1. The van der Waals surface area contributed by atoms with Crippen molar-refractivity contribution in [2.75, 3.05) is 39.6 Å². The maximum Gasteiger partial charge on any atom is 0.244 e. The van der Waals surface area contributed by atoms with Crippen LogP contribution >= 0.6 is 11.6 Å². The number of nitrogens with one attached hydrogen (secondary N) is 2. The first kappa shape index (κ1) is 19.8. The summed E-state index contributed by atoms with van der Waals surface area (Å²) in [5.74, 6) is 0.988. The lowest BCUT2D eigenvalue weighted by Crippen LogP contribution is -3.14. The fourth-order valence-corrected chi connectivity index (χ4v) is 3.84. The molecule has 2 aliphatic rings. The Labute approximate surface area is 175 Å². The van der Waals surface area contributed by atoms with Gasteiger partial charge in [-0.1, -0.05) is 41.9 Å². The fraction of sp³-hybridized carbons (Fsp3) is 0.318. The fourth-order valence-electron chi connectivity index (χ4n) is 3.57. The molecule has 0 aliphatic carbocycles. The summed E-state index contributed by atoms with van der Waals surface area (Å²) < 4.78 is 16.1. The highest BCUT2D eigenvalue weighted by Crippen LogP contribution is 2.40. The molecule has 1 fully saturated rings. The molecule has 0 saturated carbocycles. The van der Waals surface area contributed by atoms with Gasteiger partial charge >= 0.3 is 0 Å². The number of ether oxygens (including phenoxy) is 3. The van der Waals surface area contributed by atoms with Crippen molar-refractivity contribution >= 4 is 23.6 Å². The lowest BCUT2D eigenvalue weighted by Gasteiger charge is -2.28. The van der Waals surface area contributed by atoms with E-state index in [1.165, 1.54) is 11.0 Å². The zero-order chi connectivity index (χ0) is 20.1. The van der Waals surface area contributed by atoms with Crippen molar-refractivity contribution in [1.29, 1.82) is 0 Å². The second-order valence-electron chi connectivity index (χ2n) is 7.11. The van der Waals surface area contributed by atoms with Crippen LogP contribution in [0.25, 0.3) is 6.08 Å². The molecule has 7 heteroatoms. The number of amides is 1. The van der Waals surface area contributed by atoms with Crippen LogP contribution < -0.4 is 19.7 Å². The second kappa shape index (κ2) is 9.31. The summed E-state index contributed by atoms with van der Waals surface area (Å²) in [6, 6.07) is 13.6. The number of fused-ring (bicyclic) bond motifs is 1. The monoisotopic (exact) mass is 415 g/mol. The molecule has 0 radical (unpaired) electrons. The van der Waals surface area contributed by atoms with Crippen molar-refractivity contribution < 1.29 is 23.9 Å². The molecule has 1 amide bonds. The van der Waals surface area contributed by atoms with Crippen molar-refractivity contribution in [3.63, 3.8) is 0 Å². The molecule has 0 aromatic heterocycles. The Morgan fingerprint density at radius 3 is 2.76 bits per heavy atom. The van der Waals surface area contributed by atoms with E-state index in [0.29, 0.717) is 16.5 Å². The van der Waals surface area contributed by atoms with Gasteiger partial charge in [0.05, 0.1) is 18.2 Å². The van der Waals surface area contributed by atoms with Crippen LogP contribution in [0.4, 0.5) is 0 Å². The smallest absolute Gasteiger partial charge is 0.244 e. The van der Waals surface area contributed by atoms with Crippen LogP contribution in [0, 0.1) is 0 Å². The van der Waals surface area contributed by atoms with Gasteiger partial charge in [-0.25, -0.2) is 0 Å². The molecule has 2 aliphatic heterocycles. The number of rotatable bonds is 6. The van der Waals surface area contributed by atoms with E-state index in [0.717, 1.165) is 44.0 Å². The van der Waals surface area contributed by atoms with Gasteiger partial charge in [0.2, 0.25) is 12.7 Å². The van der Waals surface area contributed by atoms with E-state index in [9.17, 15) is 4.79 Å². The average Bonchev–Trinajstić information content (AvgIpc) is 3.23. The number of hydrogen-bond donors (Lipinski definition) is 2. The maximum atomic E-state index is 12.6. The van der Waals surface area contributed by atoms with E-state index in [-0.39, 0.29) is 18.7 Å².